The number of rotatable bonds is 4. The first-order valence-electron chi connectivity index (χ1n) is 7.55. The molecule has 0 saturated heterocycles. The van der Waals surface area contributed by atoms with Gasteiger partial charge in [-0.3, -0.25) is 4.79 Å². The second-order valence-electron chi connectivity index (χ2n) is 6.16. The minimum atomic E-state index is 0. The number of amides is 1. The van der Waals surface area contributed by atoms with Gasteiger partial charge in [0.05, 0.1) is 10.0 Å². The molecule has 1 amide bonds. The zero-order valence-electron chi connectivity index (χ0n) is 12.2. The third-order valence-electron chi connectivity index (χ3n) is 4.79. The molecule has 0 bridgehead atoms. The van der Waals surface area contributed by atoms with Gasteiger partial charge in [0.2, 0.25) is 5.91 Å². The molecule has 0 radical (unpaired) electrons. The Bertz CT molecular complexity index is 552. The monoisotopic (exact) mass is 362 g/mol. The second kappa shape index (κ2) is 7.39. The molecule has 0 aliphatic heterocycles. The summed E-state index contributed by atoms with van der Waals surface area (Å²) in [5.41, 5.74) is 6.87. The van der Waals surface area contributed by atoms with E-state index in [9.17, 15) is 4.79 Å². The number of hydrogen-bond donors (Lipinski definition) is 2. The van der Waals surface area contributed by atoms with Crippen molar-refractivity contribution in [1.82, 2.24) is 5.32 Å². The number of halogens is 3. The molecule has 2 aliphatic carbocycles. The smallest absolute Gasteiger partial charge is 0.223 e. The quantitative estimate of drug-likeness (QED) is 0.855. The van der Waals surface area contributed by atoms with E-state index in [1.54, 1.807) is 6.07 Å². The Hall–Kier alpha value is -0.480. The maximum atomic E-state index is 12.3. The first-order chi connectivity index (χ1) is 10.1. The Balaban J connectivity index is 0.00000176. The van der Waals surface area contributed by atoms with Crippen molar-refractivity contribution in [3.63, 3.8) is 0 Å². The van der Waals surface area contributed by atoms with Crippen molar-refractivity contribution >= 4 is 41.5 Å². The molecule has 122 valence electrons. The Morgan fingerprint density at radius 1 is 1.27 bits per heavy atom. The highest BCUT2D eigenvalue weighted by Crippen LogP contribution is 2.48. The van der Waals surface area contributed by atoms with Gasteiger partial charge in [-0.25, -0.2) is 0 Å². The van der Waals surface area contributed by atoms with E-state index in [0.29, 0.717) is 22.5 Å². The summed E-state index contributed by atoms with van der Waals surface area (Å²) < 4.78 is 0. The van der Waals surface area contributed by atoms with Crippen LogP contribution in [0.15, 0.2) is 18.2 Å². The van der Waals surface area contributed by atoms with Gasteiger partial charge in [0, 0.05) is 12.0 Å². The molecule has 2 saturated carbocycles. The minimum absolute atomic E-state index is 0. The highest BCUT2D eigenvalue weighted by molar-refractivity contribution is 6.42. The van der Waals surface area contributed by atoms with Gasteiger partial charge in [-0.1, -0.05) is 35.7 Å². The van der Waals surface area contributed by atoms with E-state index in [4.69, 9.17) is 28.9 Å². The molecule has 4 unspecified atom stereocenters. The van der Waals surface area contributed by atoms with E-state index in [-0.39, 0.29) is 36.2 Å². The van der Waals surface area contributed by atoms with Crippen LogP contribution in [0, 0.1) is 11.8 Å². The van der Waals surface area contributed by atoms with E-state index in [0.717, 1.165) is 31.2 Å². The van der Waals surface area contributed by atoms with E-state index < -0.39 is 0 Å². The van der Waals surface area contributed by atoms with Crippen LogP contribution < -0.4 is 11.1 Å². The molecule has 1 aromatic rings. The summed E-state index contributed by atoms with van der Waals surface area (Å²) in [5, 5.41) is 4.30. The number of benzene rings is 1. The number of nitrogens with two attached hydrogens (primary N) is 1. The highest BCUT2D eigenvalue weighted by Gasteiger charge is 2.45. The number of nitrogens with one attached hydrogen (secondary N) is 1. The summed E-state index contributed by atoms with van der Waals surface area (Å²) in [5.74, 6) is 0.950. The first kappa shape index (κ1) is 17.9. The van der Waals surface area contributed by atoms with Crippen LogP contribution in [0.1, 0.15) is 37.2 Å². The minimum Gasteiger partial charge on any atom is -0.353 e. The summed E-state index contributed by atoms with van der Waals surface area (Å²) in [6.07, 6.45) is 4.23. The molecule has 2 fully saturated rings. The van der Waals surface area contributed by atoms with Crippen molar-refractivity contribution in [1.29, 1.82) is 0 Å². The van der Waals surface area contributed by atoms with Gasteiger partial charge < -0.3 is 11.1 Å². The fraction of sp³-hybridized carbons (Fsp3) is 0.562. The van der Waals surface area contributed by atoms with Crippen molar-refractivity contribution in [2.75, 3.05) is 6.54 Å². The van der Waals surface area contributed by atoms with E-state index >= 15 is 0 Å². The Labute approximate surface area is 147 Å². The van der Waals surface area contributed by atoms with E-state index in [1.165, 1.54) is 0 Å². The van der Waals surface area contributed by atoms with Gasteiger partial charge in [0.15, 0.2) is 0 Å². The molecular formula is C16H21Cl3N2O. The van der Waals surface area contributed by atoms with Crippen molar-refractivity contribution < 1.29 is 4.79 Å². The fourth-order valence-electron chi connectivity index (χ4n) is 3.39. The first-order valence-corrected chi connectivity index (χ1v) is 8.31. The molecule has 1 aromatic carbocycles. The molecule has 0 spiro atoms. The average molecular weight is 364 g/mol. The summed E-state index contributed by atoms with van der Waals surface area (Å²) in [7, 11) is 0. The molecule has 6 heteroatoms. The molecule has 2 aliphatic rings. The lowest BCUT2D eigenvalue weighted by Crippen LogP contribution is -2.40. The van der Waals surface area contributed by atoms with Crippen LogP contribution in [0.5, 0.6) is 0 Å². The van der Waals surface area contributed by atoms with Gasteiger partial charge in [0.1, 0.15) is 0 Å². The maximum Gasteiger partial charge on any atom is 0.223 e. The molecule has 3 rings (SSSR count). The molecule has 3 nitrogen and oxygen atoms in total. The normalized spacial score (nSPS) is 29.8. The van der Waals surface area contributed by atoms with Gasteiger partial charge in [-0.05, 0) is 55.3 Å². The van der Waals surface area contributed by atoms with Gasteiger partial charge in [-0.2, -0.15) is 0 Å². The number of carbonyl (C=O) groups is 1. The molecule has 0 heterocycles. The highest BCUT2D eigenvalue weighted by atomic mass is 35.5. The van der Waals surface area contributed by atoms with Crippen molar-refractivity contribution in [3.8, 4) is 0 Å². The lowest BCUT2D eigenvalue weighted by atomic mass is 10.0. The summed E-state index contributed by atoms with van der Waals surface area (Å²) >= 11 is 12.0. The molecule has 3 N–H and O–H groups in total. The Morgan fingerprint density at radius 3 is 2.73 bits per heavy atom. The van der Waals surface area contributed by atoms with Crippen LogP contribution in [0.3, 0.4) is 0 Å². The third-order valence-corrected chi connectivity index (χ3v) is 5.53. The molecular weight excluding hydrogens is 343 g/mol. The number of hydrogen-bond acceptors (Lipinski definition) is 2. The molecule has 4 atom stereocenters. The van der Waals surface area contributed by atoms with Crippen LogP contribution in [0.2, 0.25) is 10.0 Å². The lowest BCUT2D eigenvalue weighted by Gasteiger charge is -2.19. The topological polar surface area (TPSA) is 55.1 Å². The maximum absolute atomic E-state index is 12.3. The van der Waals surface area contributed by atoms with Gasteiger partial charge >= 0.3 is 0 Å². The second-order valence-corrected chi connectivity index (χ2v) is 6.98. The average Bonchev–Trinajstić information content (AvgIpc) is 3.15. The SMILES string of the molecule is Cl.NCC1CCCC1NC(=O)C1CC1c1ccc(Cl)c(Cl)c1. The predicted molar refractivity (Wildman–Crippen MR) is 92.9 cm³/mol. The number of carbonyl (C=O) groups excluding carboxylic acids is 1. The van der Waals surface area contributed by atoms with Gasteiger partial charge in [0.25, 0.3) is 0 Å². The zero-order valence-corrected chi connectivity index (χ0v) is 14.6. The van der Waals surface area contributed by atoms with Crippen molar-refractivity contribution in [3.05, 3.63) is 33.8 Å². The molecule has 0 aromatic heterocycles. The zero-order chi connectivity index (χ0) is 15.0. The predicted octanol–water partition coefficient (Wildman–Crippen LogP) is 3.76. The lowest BCUT2D eigenvalue weighted by molar-refractivity contribution is -0.123. The van der Waals surface area contributed by atoms with Crippen LogP contribution in [0.4, 0.5) is 0 Å². The standard InChI is InChI=1S/C16H20Cl2N2O.ClH/c17-13-5-4-9(6-14(13)18)11-7-12(11)16(21)20-15-3-1-2-10(15)8-19;/h4-6,10-12,15H,1-3,7-8,19H2,(H,20,21);1H. The Morgan fingerprint density at radius 2 is 2.05 bits per heavy atom. The summed E-state index contributed by atoms with van der Waals surface area (Å²) in [6.45, 7) is 0.659. The van der Waals surface area contributed by atoms with Crippen molar-refractivity contribution in [2.45, 2.75) is 37.6 Å². The van der Waals surface area contributed by atoms with E-state index in [2.05, 4.69) is 5.32 Å². The summed E-state index contributed by atoms with van der Waals surface area (Å²) in [6, 6.07) is 5.90. The molecule has 22 heavy (non-hydrogen) atoms. The van der Waals surface area contributed by atoms with Gasteiger partial charge in [-0.15, -0.1) is 12.4 Å². The largest absolute Gasteiger partial charge is 0.353 e. The van der Waals surface area contributed by atoms with E-state index in [1.807, 2.05) is 12.1 Å². The summed E-state index contributed by atoms with van der Waals surface area (Å²) in [4.78, 5) is 12.3. The van der Waals surface area contributed by atoms with Crippen LogP contribution in [-0.2, 0) is 4.79 Å². The van der Waals surface area contributed by atoms with Crippen molar-refractivity contribution in [2.24, 2.45) is 17.6 Å². The van der Waals surface area contributed by atoms with Crippen LogP contribution >= 0.6 is 35.6 Å². The van der Waals surface area contributed by atoms with Crippen LogP contribution in [0.25, 0.3) is 0 Å². The third kappa shape index (κ3) is 3.70. The van der Waals surface area contributed by atoms with Crippen LogP contribution in [-0.4, -0.2) is 18.5 Å². The fourth-order valence-corrected chi connectivity index (χ4v) is 3.70. The Kier molecular flexibility index (Phi) is 6.00.